The Bertz CT molecular complexity index is 978. The van der Waals surface area contributed by atoms with Gasteiger partial charge in [-0.15, -0.1) is 0 Å². The van der Waals surface area contributed by atoms with Crippen LogP contribution >= 0.6 is 0 Å². The summed E-state index contributed by atoms with van der Waals surface area (Å²) in [6.45, 7) is 6.24. The molecule has 0 fully saturated rings. The number of benzene rings is 2. The van der Waals surface area contributed by atoms with E-state index in [0.717, 1.165) is 17.5 Å². The fraction of sp³-hybridized carbons (Fsp3) is 0.417. The molecule has 2 rings (SSSR count). The highest BCUT2D eigenvalue weighted by molar-refractivity contribution is 5.88. The lowest BCUT2D eigenvalue weighted by Crippen LogP contribution is -2.50. The average molecular weight is 458 g/mol. The van der Waals surface area contributed by atoms with Crippen molar-refractivity contribution in [2.75, 3.05) is 20.3 Å². The van der Waals surface area contributed by atoms with Crippen molar-refractivity contribution in [1.82, 2.24) is 10.2 Å². The molecule has 178 valence electrons. The Hall–Kier alpha value is -3.62. The van der Waals surface area contributed by atoms with Gasteiger partial charge in [0.05, 0.1) is 12.0 Å². The van der Waals surface area contributed by atoms with E-state index in [2.05, 4.69) is 5.32 Å². The summed E-state index contributed by atoms with van der Waals surface area (Å²) in [7, 11) is 1.32. The molecule has 2 aromatic carbocycles. The summed E-state index contributed by atoms with van der Waals surface area (Å²) >= 11 is 0. The number of hydrogen-bond donors (Lipinski definition) is 1. The molecular weight excluding hydrogens is 426 g/mol. The predicted molar refractivity (Wildman–Crippen MR) is 124 cm³/mol. The van der Waals surface area contributed by atoms with E-state index in [4.69, 9.17) is 9.47 Å². The minimum Gasteiger partial charge on any atom is -0.490 e. The third-order valence-corrected chi connectivity index (χ3v) is 5.08. The summed E-state index contributed by atoms with van der Waals surface area (Å²) in [5, 5.41) is 13.9. The van der Waals surface area contributed by atoms with E-state index in [-0.39, 0.29) is 42.2 Å². The fourth-order valence-corrected chi connectivity index (χ4v) is 3.42. The van der Waals surface area contributed by atoms with Crippen LogP contribution in [0.4, 0.5) is 5.69 Å². The van der Waals surface area contributed by atoms with Gasteiger partial charge in [0.2, 0.25) is 11.7 Å². The Morgan fingerprint density at radius 1 is 1.18 bits per heavy atom. The smallest absolute Gasteiger partial charge is 0.311 e. The quantitative estimate of drug-likeness (QED) is 0.385. The van der Waals surface area contributed by atoms with Crippen LogP contribution in [0.1, 0.15) is 37.8 Å². The van der Waals surface area contributed by atoms with Crippen LogP contribution in [0.3, 0.4) is 0 Å². The zero-order valence-corrected chi connectivity index (χ0v) is 19.5. The standard InChI is InChI=1S/C24H31N3O6/c1-5-12-25-24(29)20(6-2)26(15-18-9-7-8-17(3)13-18)23(28)16-33-19-10-11-21(27(30)31)22(14-19)32-4/h7-11,13-14,20H,5-6,12,15-16H2,1-4H3,(H,25,29)/t20-/m0/s1. The van der Waals surface area contributed by atoms with Crippen molar-refractivity contribution in [3.63, 3.8) is 0 Å². The van der Waals surface area contributed by atoms with E-state index in [0.29, 0.717) is 13.0 Å². The summed E-state index contributed by atoms with van der Waals surface area (Å²) < 4.78 is 10.7. The third-order valence-electron chi connectivity index (χ3n) is 5.08. The van der Waals surface area contributed by atoms with Crippen LogP contribution < -0.4 is 14.8 Å². The third kappa shape index (κ3) is 7.20. The summed E-state index contributed by atoms with van der Waals surface area (Å²) in [6.07, 6.45) is 1.23. The Labute approximate surface area is 193 Å². The average Bonchev–Trinajstić information content (AvgIpc) is 2.80. The van der Waals surface area contributed by atoms with Crippen molar-refractivity contribution in [3.05, 3.63) is 63.7 Å². The number of carbonyl (C=O) groups excluding carboxylic acids is 2. The molecule has 0 unspecified atom stereocenters. The lowest BCUT2D eigenvalue weighted by atomic mass is 10.1. The number of nitrogens with zero attached hydrogens (tertiary/aromatic N) is 2. The summed E-state index contributed by atoms with van der Waals surface area (Å²) in [5.41, 5.74) is 1.76. The number of hydrogen-bond acceptors (Lipinski definition) is 6. The van der Waals surface area contributed by atoms with E-state index in [1.54, 1.807) is 0 Å². The first-order chi connectivity index (χ1) is 15.8. The first-order valence-corrected chi connectivity index (χ1v) is 10.9. The normalized spacial score (nSPS) is 11.4. The SMILES string of the molecule is CCCNC(=O)[C@H](CC)N(Cc1cccc(C)c1)C(=O)COc1ccc([N+](=O)[O-])c(OC)c1. The van der Waals surface area contributed by atoms with Crippen molar-refractivity contribution in [2.24, 2.45) is 0 Å². The first-order valence-electron chi connectivity index (χ1n) is 10.9. The molecule has 1 atom stereocenters. The second-order valence-corrected chi connectivity index (χ2v) is 7.61. The van der Waals surface area contributed by atoms with E-state index in [1.165, 1.54) is 30.2 Å². The molecule has 1 N–H and O–H groups in total. The monoisotopic (exact) mass is 457 g/mol. The maximum absolute atomic E-state index is 13.2. The molecule has 0 aliphatic heterocycles. The number of ether oxygens (including phenoxy) is 2. The van der Waals surface area contributed by atoms with Gasteiger partial charge in [-0.25, -0.2) is 0 Å². The minimum atomic E-state index is -0.653. The van der Waals surface area contributed by atoms with Gasteiger partial charge in [0.15, 0.2) is 6.61 Å². The van der Waals surface area contributed by atoms with Crippen LogP contribution in [0.5, 0.6) is 11.5 Å². The molecule has 0 bridgehead atoms. The predicted octanol–water partition coefficient (Wildman–Crippen LogP) is 3.62. The second-order valence-electron chi connectivity index (χ2n) is 7.61. The van der Waals surface area contributed by atoms with Gasteiger partial charge in [-0.3, -0.25) is 19.7 Å². The highest BCUT2D eigenvalue weighted by Gasteiger charge is 2.29. The number of nitro benzene ring substituents is 1. The maximum Gasteiger partial charge on any atom is 0.311 e. The highest BCUT2D eigenvalue weighted by atomic mass is 16.6. The topological polar surface area (TPSA) is 111 Å². The van der Waals surface area contributed by atoms with E-state index < -0.39 is 11.0 Å². The van der Waals surface area contributed by atoms with Gasteiger partial charge in [-0.2, -0.15) is 0 Å². The van der Waals surface area contributed by atoms with Crippen LogP contribution in [-0.4, -0.2) is 47.9 Å². The minimum absolute atomic E-state index is 0.0342. The molecule has 0 aliphatic carbocycles. The second kappa shape index (κ2) is 12.4. The number of nitrogens with one attached hydrogen (secondary N) is 1. The number of methoxy groups -OCH3 is 1. The van der Waals surface area contributed by atoms with Crippen LogP contribution in [0.2, 0.25) is 0 Å². The van der Waals surface area contributed by atoms with Gasteiger partial charge in [0.1, 0.15) is 11.8 Å². The highest BCUT2D eigenvalue weighted by Crippen LogP contribution is 2.30. The Morgan fingerprint density at radius 2 is 1.94 bits per heavy atom. The lowest BCUT2D eigenvalue weighted by Gasteiger charge is -2.30. The van der Waals surface area contributed by atoms with Crippen molar-refractivity contribution < 1.29 is 24.0 Å². The van der Waals surface area contributed by atoms with Gasteiger partial charge in [-0.1, -0.05) is 43.7 Å². The summed E-state index contributed by atoms with van der Waals surface area (Å²) in [5.74, 6) is -0.290. The molecule has 0 saturated carbocycles. The van der Waals surface area contributed by atoms with Crippen LogP contribution in [0.25, 0.3) is 0 Å². The number of rotatable bonds is 12. The Balaban J connectivity index is 2.23. The number of carbonyl (C=O) groups is 2. The molecule has 0 heterocycles. The molecule has 0 saturated heterocycles. The molecule has 9 nitrogen and oxygen atoms in total. The largest absolute Gasteiger partial charge is 0.490 e. The summed E-state index contributed by atoms with van der Waals surface area (Å²) in [6, 6.07) is 11.1. The molecule has 0 radical (unpaired) electrons. The molecule has 2 amide bonds. The van der Waals surface area contributed by atoms with Gasteiger partial charge in [-0.05, 0) is 31.4 Å². The molecule has 2 aromatic rings. The lowest BCUT2D eigenvalue weighted by molar-refractivity contribution is -0.385. The van der Waals surface area contributed by atoms with Crippen molar-refractivity contribution in [2.45, 2.75) is 46.2 Å². The number of aryl methyl sites for hydroxylation is 1. The van der Waals surface area contributed by atoms with Gasteiger partial charge in [0, 0.05) is 25.2 Å². The van der Waals surface area contributed by atoms with Crippen molar-refractivity contribution in [3.8, 4) is 11.5 Å². The molecule has 9 heteroatoms. The molecular formula is C24H31N3O6. The Morgan fingerprint density at radius 3 is 2.55 bits per heavy atom. The fourth-order valence-electron chi connectivity index (χ4n) is 3.42. The molecule has 33 heavy (non-hydrogen) atoms. The zero-order chi connectivity index (χ0) is 24.4. The van der Waals surface area contributed by atoms with Crippen molar-refractivity contribution >= 4 is 17.5 Å². The van der Waals surface area contributed by atoms with E-state index in [9.17, 15) is 19.7 Å². The maximum atomic E-state index is 13.2. The molecule has 0 spiro atoms. The number of nitro groups is 1. The Kier molecular flexibility index (Phi) is 9.65. The van der Waals surface area contributed by atoms with Gasteiger partial charge in [0.25, 0.3) is 5.91 Å². The van der Waals surface area contributed by atoms with Crippen LogP contribution in [0.15, 0.2) is 42.5 Å². The first kappa shape index (κ1) is 25.6. The van der Waals surface area contributed by atoms with Gasteiger partial charge >= 0.3 is 5.69 Å². The van der Waals surface area contributed by atoms with Crippen LogP contribution in [0, 0.1) is 17.0 Å². The van der Waals surface area contributed by atoms with E-state index >= 15 is 0 Å². The van der Waals surface area contributed by atoms with Crippen LogP contribution in [-0.2, 0) is 16.1 Å². The van der Waals surface area contributed by atoms with E-state index in [1.807, 2.05) is 45.0 Å². The molecule has 0 aliphatic rings. The summed E-state index contributed by atoms with van der Waals surface area (Å²) in [4.78, 5) is 38.0. The van der Waals surface area contributed by atoms with Crippen molar-refractivity contribution in [1.29, 1.82) is 0 Å². The van der Waals surface area contributed by atoms with Gasteiger partial charge < -0.3 is 19.7 Å². The zero-order valence-electron chi connectivity index (χ0n) is 19.5. The number of amides is 2. The molecule has 0 aromatic heterocycles.